The van der Waals surface area contributed by atoms with Gasteiger partial charge in [-0.05, 0) is 61.1 Å². The van der Waals surface area contributed by atoms with Crippen LogP contribution in [-0.2, 0) is 20.4 Å². The van der Waals surface area contributed by atoms with Gasteiger partial charge in [0.2, 0.25) is 11.8 Å². The van der Waals surface area contributed by atoms with Crippen LogP contribution < -0.4 is 0 Å². The number of likely N-dealkylation sites (N-methyl/N-ethyl adjacent to an activating group) is 2. The van der Waals surface area contributed by atoms with Crippen LogP contribution in [0.5, 0.6) is 0 Å². The minimum atomic E-state index is -0.458. The van der Waals surface area contributed by atoms with Crippen LogP contribution in [0.3, 0.4) is 0 Å². The number of hydrogen-bond acceptors (Lipinski definition) is 2. The van der Waals surface area contributed by atoms with Crippen LogP contribution in [-0.4, -0.2) is 48.8 Å². The molecule has 158 valence electrons. The molecule has 2 saturated carbocycles. The quantitative estimate of drug-likeness (QED) is 0.622. The van der Waals surface area contributed by atoms with Gasteiger partial charge in [-0.3, -0.25) is 9.59 Å². The Labute approximate surface area is 187 Å². The third-order valence-corrected chi connectivity index (χ3v) is 7.01. The first kappa shape index (κ1) is 21.2. The predicted octanol–water partition coefficient (Wildman–Crippen LogP) is 4.67. The Morgan fingerprint density at radius 1 is 0.767 bits per heavy atom. The van der Waals surface area contributed by atoms with Gasteiger partial charge >= 0.3 is 0 Å². The molecule has 4 nitrogen and oxygen atoms in total. The maximum absolute atomic E-state index is 13.2. The molecule has 30 heavy (non-hydrogen) atoms. The van der Waals surface area contributed by atoms with E-state index in [0.717, 1.165) is 36.8 Å². The fraction of sp³-hybridized carbons (Fsp3) is 0.417. The van der Waals surface area contributed by atoms with E-state index in [1.807, 2.05) is 62.6 Å². The van der Waals surface area contributed by atoms with Gasteiger partial charge in [0.05, 0.1) is 10.8 Å². The highest BCUT2D eigenvalue weighted by molar-refractivity contribution is 6.31. The Bertz CT molecular complexity index is 903. The standard InChI is InChI=1S/C24H26Cl2N2O2/c1-27(21(29)23(9-10-23)17-5-3-7-19(25)15-17)13-14-28(2)22(30)24(11-12-24)18-6-4-8-20(26)16-18/h3-8,15-16H,9-14H2,1-2H3. The smallest absolute Gasteiger partial charge is 0.233 e. The van der Waals surface area contributed by atoms with Crippen LogP contribution in [0.2, 0.25) is 10.0 Å². The van der Waals surface area contributed by atoms with Crippen molar-refractivity contribution >= 4 is 35.0 Å². The van der Waals surface area contributed by atoms with E-state index in [1.54, 1.807) is 9.80 Å². The Kier molecular flexibility index (Phi) is 5.58. The van der Waals surface area contributed by atoms with Gasteiger partial charge in [0.15, 0.2) is 0 Å². The second-order valence-electron chi connectivity index (χ2n) is 8.64. The number of halogens is 2. The summed E-state index contributed by atoms with van der Waals surface area (Å²) in [7, 11) is 3.63. The van der Waals surface area contributed by atoms with Gasteiger partial charge in [0.1, 0.15) is 0 Å². The number of carbonyl (C=O) groups is 2. The maximum Gasteiger partial charge on any atom is 0.233 e. The van der Waals surface area contributed by atoms with E-state index in [9.17, 15) is 9.59 Å². The van der Waals surface area contributed by atoms with Crippen molar-refractivity contribution in [3.8, 4) is 0 Å². The minimum absolute atomic E-state index is 0.0987. The summed E-state index contributed by atoms with van der Waals surface area (Å²) in [6.45, 7) is 0.990. The fourth-order valence-electron chi connectivity index (χ4n) is 4.31. The van der Waals surface area contributed by atoms with E-state index in [2.05, 4.69) is 0 Å². The number of carbonyl (C=O) groups excluding carboxylic acids is 2. The lowest BCUT2D eigenvalue weighted by Crippen LogP contribution is -2.44. The summed E-state index contributed by atoms with van der Waals surface area (Å²) in [5.74, 6) is 0.197. The van der Waals surface area contributed by atoms with Crippen molar-refractivity contribution in [1.29, 1.82) is 0 Å². The third-order valence-electron chi connectivity index (χ3n) is 6.54. The molecule has 2 aromatic carbocycles. The number of amides is 2. The van der Waals surface area contributed by atoms with E-state index in [4.69, 9.17) is 23.2 Å². The zero-order valence-electron chi connectivity index (χ0n) is 17.3. The zero-order valence-corrected chi connectivity index (χ0v) is 18.8. The average molecular weight is 445 g/mol. The van der Waals surface area contributed by atoms with Gasteiger partial charge in [0.25, 0.3) is 0 Å². The Morgan fingerprint density at radius 3 is 1.43 bits per heavy atom. The molecule has 0 radical (unpaired) electrons. The van der Waals surface area contributed by atoms with E-state index in [0.29, 0.717) is 23.1 Å². The Balaban J connectivity index is 1.38. The molecule has 6 heteroatoms. The highest BCUT2D eigenvalue weighted by Crippen LogP contribution is 2.51. The topological polar surface area (TPSA) is 40.6 Å². The molecule has 0 unspecified atom stereocenters. The molecule has 2 fully saturated rings. The minimum Gasteiger partial charge on any atom is -0.343 e. The molecule has 2 amide bonds. The van der Waals surface area contributed by atoms with Gasteiger partial charge in [-0.2, -0.15) is 0 Å². The highest BCUT2D eigenvalue weighted by Gasteiger charge is 2.53. The van der Waals surface area contributed by atoms with Crippen molar-refractivity contribution in [2.75, 3.05) is 27.2 Å². The van der Waals surface area contributed by atoms with Crippen molar-refractivity contribution in [3.63, 3.8) is 0 Å². The number of benzene rings is 2. The van der Waals surface area contributed by atoms with Crippen molar-refractivity contribution < 1.29 is 9.59 Å². The van der Waals surface area contributed by atoms with Crippen LogP contribution in [0.15, 0.2) is 48.5 Å². The van der Waals surface area contributed by atoms with E-state index in [-0.39, 0.29) is 11.8 Å². The third kappa shape index (κ3) is 3.83. The predicted molar refractivity (Wildman–Crippen MR) is 120 cm³/mol. The van der Waals surface area contributed by atoms with Crippen LogP contribution in [0.25, 0.3) is 0 Å². The van der Waals surface area contributed by atoms with Crippen molar-refractivity contribution in [2.24, 2.45) is 0 Å². The van der Waals surface area contributed by atoms with E-state index >= 15 is 0 Å². The van der Waals surface area contributed by atoms with Gasteiger partial charge < -0.3 is 9.80 Å². The molecule has 0 spiro atoms. The number of hydrogen-bond donors (Lipinski definition) is 0. The Hall–Kier alpha value is -2.04. The van der Waals surface area contributed by atoms with Gasteiger partial charge in [-0.25, -0.2) is 0 Å². The molecule has 0 aromatic heterocycles. The molecular formula is C24H26Cl2N2O2. The Morgan fingerprint density at radius 2 is 1.13 bits per heavy atom. The molecule has 0 bridgehead atoms. The SMILES string of the molecule is CN(CCN(C)C(=O)C1(c2cccc(Cl)c2)CC1)C(=O)C1(c2cccc(Cl)c2)CC1. The first-order valence-corrected chi connectivity index (χ1v) is 11.1. The fourth-order valence-corrected chi connectivity index (χ4v) is 4.69. The first-order chi connectivity index (χ1) is 14.3. The first-order valence-electron chi connectivity index (χ1n) is 10.3. The summed E-state index contributed by atoms with van der Waals surface area (Å²) in [6.07, 6.45) is 3.35. The lowest BCUT2D eigenvalue weighted by molar-refractivity contribution is -0.136. The molecule has 2 aromatic rings. The lowest BCUT2D eigenvalue weighted by Gasteiger charge is -2.28. The molecular weight excluding hydrogens is 419 g/mol. The zero-order chi connectivity index (χ0) is 21.5. The summed E-state index contributed by atoms with van der Waals surface area (Å²) in [5, 5.41) is 1.30. The van der Waals surface area contributed by atoms with Crippen LogP contribution in [0.4, 0.5) is 0 Å². The van der Waals surface area contributed by atoms with Crippen molar-refractivity contribution in [2.45, 2.75) is 36.5 Å². The molecule has 2 aliphatic carbocycles. The molecule has 0 aliphatic heterocycles. The van der Waals surface area contributed by atoms with Gasteiger partial charge in [-0.15, -0.1) is 0 Å². The normalized spacial score (nSPS) is 17.9. The number of rotatable bonds is 7. The molecule has 0 atom stereocenters. The summed E-state index contributed by atoms with van der Waals surface area (Å²) >= 11 is 12.3. The summed E-state index contributed by atoms with van der Waals surface area (Å²) in [6, 6.07) is 15.2. The van der Waals surface area contributed by atoms with Crippen molar-refractivity contribution in [1.82, 2.24) is 9.80 Å². The second kappa shape index (κ2) is 7.90. The average Bonchev–Trinajstić information content (AvgIpc) is 3.64. The van der Waals surface area contributed by atoms with Crippen LogP contribution >= 0.6 is 23.2 Å². The van der Waals surface area contributed by atoms with Crippen LogP contribution in [0.1, 0.15) is 36.8 Å². The molecule has 0 heterocycles. The second-order valence-corrected chi connectivity index (χ2v) is 9.51. The summed E-state index contributed by atoms with van der Waals surface area (Å²) in [5.41, 5.74) is 1.05. The van der Waals surface area contributed by atoms with E-state index in [1.165, 1.54) is 0 Å². The molecule has 0 saturated heterocycles. The largest absolute Gasteiger partial charge is 0.343 e. The highest BCUT2D eigenvalue weighted by atomic mass is 35.5. The summed E-state index contributed by atoms with van der Waals surface area (Å²) in [4.78, 5) is 29.8. The maximum atomic E-state index is 13.2. The molecule has 2 aliphatic rings. The van der Waals surface area contributed by atoms with Gasteiger partial charge in [0, 0.05) is 37.2 Å². The monoisotopic (exact) mass is 444 g/mol. The number of nitrogens with zero attached hydrogens (tertiary/aromatic N) is 2. The molecule has 0 N–H and O–H groups in total. The van der Waals surface area contributed by atoms with E-state index < -0.39 is 10.8 Å². The van der Waals surface area contributed by atoms with Crippen molar-refractivity contribution in [3.05, 3.63) is 69.7 Å². The summed E-state index contributed by atoms with van der Waals surface area (Å²) < 4.78 is 0. The van der Waals surface area contributed by atoms with Gasteiger partial charge in [-0.1, -0.05) is 47.5 Å². The van der Waals surface area contributed by atoms with Crippen LogP contribution in [0, 0.1) is 0 Å². The molecule has 4 rings (SSSR count). The lowest BCUT2D eigenvalue weighted by atomic mass is 9.94.